The molecule has 0 unspecified atom stereocenters. The smallest absolute Gasteiger partial charge is 0.242 e. The Labute approximate surface area is 174 Å². The van der Waals surface area contributed by atoms with Crippen LogP contribution in [0.5, 0.6) is 5.75 Å². The van der Waals surface area contributed by atoms with E-state index in [9.17, 15) is 13.2 Å². The largest absolute Gasteiger partial charge is 0.495 e. The highest BCUT2D eigenvalue weighted by molar-refractivity contribution is 7.92. The number of carbonyl (C=O) groups is 1. The topological polar surface area (TPSA) is 72.5 Å². The molecule has 2 aromatic carbocycles. The van der Waals surface area contributed by atoms with Crippen LogP contribution in [0, 0.1) is 13.8 Å². The van der Waals surface area contributed by atoms with Crippen molar-refractivity contribution in [2.75, 3.05) is 12.4 Å². The molecular formula is C23H31NO4S. The van der Waals surface area contributed by atoms with Crippen LogP contribution in [0.15, 0.2) is 36.4 Å². The van der Waals surface area contributed by atoms with Gasteiger partial charge >= 0.3 is 0 Å². The van der Waals surface area contributed by atoms with Crippen molar-refractivity contribution in [3.8, 4) is 5.75 Å². The van der Waals surface area contributed by atoms with E-state index in [2.05, 4.69) is 26.1 Å². The Kier molecular flexibility index (Phi) is 6.78. The van der Waals surface area contributed by atoms with Crippen LogP contribution < -0.4 is 10.1 Å². The van der Waals surface area contributed by atoms with E-state index >= 15 is 0 Å². The molecule has 1 atom stereocenters. The quantitative estimate of drug-likeness (QED) is 0.748. The lowest BCUT2D eigenvalue weighted by atomic mass is 9.84. The first-order valence-corrected chi connectivity index (χ1v) is 11.3. The Morgan fingerprint density at radius 3 is 2.17 bits per heavy atom. The number of nitrogens with one attached hydrogen (secondary N) is 1. The number of rotatable bonds is 6. The molecule has 0 aliphatic heterocycles. The molecule has 2 aromatic rings. The molecule has 0 heterocycles. The van der Waals surface area contributed by atoms with Crippen LogP contribution in [-0.4, -0.2) is 26.7 Å². The first kappa shape index (κ1) is 22.9. The fourth-order valence-electron chi connectivity index (χ4n) is 3.13. The Balaban J connectivity index is 2.26. The molecule has 0 saturated heterocycles. The molecular weight excluding hydrogens is 386 g/mol. The molecule has 5 nitrogen and oxygen atoms in total. The van der Waals surface area contributed by atoms with Crippen molar-refractivity contribution in [1.82, 2.24) is 0 Å². The lowest BCUT2D eigenvalue weighted by molar-refractivity contribution is -0.115. The minimum atomic E-state index is -3.70. The first-order valence-electron chi connectivity index (χ1n) is 9.63. The third-order valence-electron chi connectivity index (χ3n) is 5.18. The number of amides is 1. The maximum absolute atomic E-state index is 13.0. The number of sulfone groups is 1. The number of benzene rings is 2. The predicted molar refractivity (Wildman–Crippen MR) is 118 cm³/mol. The number of anilines is 1. The van der Waals surface area contributed by atoms with Crippen molar-refractivity contribution in [1.29, 1.82) is 0 Å². The Morgan fingerprint density at radius 1 is 1.10 bits per heavy atom. The second kappa shape index (κ2) is 8.57. The van der Waals surface area contributed by atoms with Gasteiger partial charge in [-0.05, 0) is 60.6 Å². The number of ether oxygens (including phenoxy) is 1. The zero-order chi connectivity index (χ0) is 22.0. The summed E-state index contributed by atoms with van der Waals surface area (Å²) < 4.78 is 31.2. The summed E-state index contributed by atoms with van der Waals surface area (Å²) in [5.41, 5.74) is 4.20. The summed E-state index contributed by atoms with van der Waals surface area (Å²) in [7, 11) is -2.20. The van der Waals surface area contributed by atoms with Gasteiger partial charge in [0, 0.05) is 0 Å². The molecule has 0 radical (unpaired) electrons. The van der Waals surface area contributed by atoms with Crippen LogP contribution in [0.1, 0.15) is 49.9 Å². The predicted octanol–water partition coefficient (Wildman–Crippen LogP) is 4.55. The normalized spacial score (nSPS) is 13.1. The number of aryl methyl sites for hydroxylation is 2. The molecule has 0 spiro atoms. The lowest BCUT2D eigenvalue weighted by Gasteiger charge is -2.23. The van der Waals surface area contributed by atoms with Crippen LogP contribution in [0.25, 0.3) is 0 Å². The van der Waals surface area contributed by atoms with Crippen molar-refractivity contribution in [3.63, 3.8) is 0 Å². The second-order valence-electron chi connectivity index (χ2n) is 8.48. The average molecular weight is 418 g/mol. The zero-order valence-corrected chi connectivity index (χ0v) is 19.1. The molecule has 158 valence electrons. The number of para-hydroxylation sites is 2. The fraction of sp³-hybridized carbons (Fsp3) is 0.435. The van der Waals surface area contributed by atoms with Gasteiger partial charge in [0.2, 0.25) is 5.91 Å². The van der Waals surface area contributed by atoms with Crippen LogP contribution in [0.3, 0.4) is 0 Å². The van der Waals surface area contributed by atoms with E-state index < -0.39 is 21.0 Å². The highest BCUT2D eigenvalue weighted by Gasteiger charge is 2.30. The standard InChI is InChI=1S/C23H31NO4S/c1-15-12-18(23(4,5)6)13-16(2)19(15)14-29(26,27)17(3)22(25)24-20-10-8-9-11-21(20)28-7/h8-13,17H,14H2,1-7H3,(H,24,25)/t17-/m0/s1. The Hall–Kier alpha value is -2.34. The van der Waals surface area contributed by atoms with Crippen LogP contribution in [-0.2, 0) is 25.8 Å². The van der Waals surface area contributed by atoms with Gasteiger partial charge in [-0.15, -0.1) is 0 Å². The minimum Gasteiger partial charge on any atom is -0.495 e. The van der Waals surface area contributed by atoms with E-state index in [0.717, 1.165) is 22.3 Å². The third kappa shape index (κ3) is 5.38. The van der Waals surface area contributed by atoms with Gasteiger partial charge in [0.15, 0.2) is 9.84 Å². The van der Waals surface area contributed by atoms with E-state index in [1.807, 2.05) is 26.0 Å². The number of carbonyl (C=O) groups excluding carboxylic acids is 1. The van der Waals surface area contributed by atoms with Gasteiger partial charge in [-0.1, -0.05) is 45.0 Å². The van der Waals surface area contributed by atoms with Crippen LogP contribution >= 0.6 is 0 Å². The van der Waals surface area contributed by atoms with Crippen LogP contribution in [0.2, 0.25) is 0 Å². The van der Waals surface area contributed by atoms with Crippen molar-refractivity contribution < 1.29 is 17.9 Å². The maximum atomic E-state index is 13.0. The van der Waals surface area contributed by atoms with E-state index in [1.54, 1.807) is 24.3 Å². The third-order valence-corrected chi connectivity index (χ3v) is 7.16. The van der Waals surface area contributed by atoms with Gasteiger partial charge in [-0.3, -0.25) is 4.79 Å². The van der Waals surface area contributed by atoms with Gasteiger partial charge in [-0.2, -0.15) is 0 Å². The molecule has 6 heteroatoms. The van der Waals surface area contributed by atoms with Crippen LogP contribution in [0.4, 0.5) is 5.69 Å². The monoisotopic (exact) mass is 417 g/mol. The average Bonchev–Trinajstić information content (AvgIpc) is 2.63. The van der Waals surface area contributed by atoms with Gasteiger partial charge < -0.3 is 10.1 Å². The zero-order valence-electron chi connectivity index (χ0n) is 18.3. The molecule has 1 N–H and O–H groups in total. The lowest BCUT2D eigenvalue weighted by Crippen LogP contribution is -2.33. The molecule has 0 saturated carbocycles. The number of hydrogen-bond donors (Lipinski definition) is 1. The fourth-order valence-corrected chi connectivity index (χ4v) is 4.62. The number of hydrogen-bond acceptors (Lipinski definition) is 4. The van der Waals surface area contributed by atoms with Crippen molar-refractivity contribution >= 4 is 21.4 Å². The minimum absolute atomic E-state index is 0.0190. The molecule has 1 amide bonds. The molecule has 29 heavy (non-hydrogen) atoms. The molecule has 0 aromatic heterocycles. The highest BCUT2D eigenvalue weighted by atomic mass is 32.2. The van der Waals surface area contributed by atoms with Crippen molar-refractivity contribution in [2.24, 2.45) is 0 Å². The summed E-state index contributed by atoms with van der Waals surface area (Å²) in [5.74, 6) is -0.263. The molecule has 0 fully saturated rings. The first-order chi connectivity index (χ1) is 13.4. The van der Waals surface area contributed by atoms with E-state index in [-0.39, 0.29) is 11.2 Å². The van der Waals surface area contributed by atoms with E-state index in [0.29, 0.717) is 11.4 Å². The van der Waals surface area contributed by atoms with E-state index in [1.165, 1.54) is 14.0 Å². The van der Waals surface area contributed by atoms with Gasteiger partial charge in [0.05, 0.1) is 18.6 Å². The Bertz CT molecular complexity index is 981. The van der Waals surface area contributed by atoms with Gasteiger partial charge in [0.25, 0.3) is 0 Å². The van der Waals surface area contributed by atoms with Gasteiger partial charge in [-0.25, -0.2) is 8.42 Å². The van der Waals surface area contributed by atoms with Crippen molar-refractivity contribution in [3.05, 3.63) is 58.7 Å². The van der Waals surface area contributed by atoms with Crippen molar-refractivity contribution in [2.45, 2.75) is 58.0 Å². The second-order valence-corrected chi connectivity index (χ2v) is 10.8. The SMILES string of the molecule is COc1ccccc1NC(=O)[C@H](C)S(=O)(=O)Cc1c(C)cc(C(C)(C)C)cc1C. The number of methoxy groups -OCH3 is 1. The maximum Gasteiger partial charge on any atom is 0.242 e. The summed E-state index contributed by atoms with van der Waals surface area (Å²) in [6.07, 6.45) is 0. The summed E-state index contributed by atoms with van der Waals surface area (Å²) in [6.45, 7) is 11.7. The molecule has 0 bridgehead atoms. The highest BCUT2D eigenvalue weighted by Crippen LogP contribution is 2.29. The summed E-state index contributed by atoms with van der Waals surface area (Å²) in [6, 6.07) is 11.0. The Morgan fingerprint density at radius 2 is 1.66 bits per heavy atom. The molecule has 0 aliphatic carbocycles. The molecule has 2 rings (SSSR count). The summed E-state index contributed by atoms with van der Waals surface area (Å²) in [4.78, 5) is 12.6. The van der Waals surface area contributed by atoms with Gasteiger partial charge in [0.1, 0.15) is 11.0 Å². The molecule has 0 aliphatic rings. The summed E-state index contributed by atoms with van der Waals surface area (Å²) in [5, 5.41) is 1.48. The van der Waals surface area contributed by atoms with E-state index in [4.69, 9.17) is 4.74 Å². The summed E-state index contributed by atoms with van der Waals surface area (Å²) >= 11 is 0.